The van der Waals surface area contributed by atoms with Crippen molar-refractivity contribution in [1.82, 2.24) is 30.2 Å². The first kappa shape index (κ1) is 16.2. The van der Waals surface area contributed by atoms with E-state index in [0.29, 0.717) is 10.7 Å². The molecule has 9 heteroatoms. The van der Waals surface area contributed by atoms with Crippen molar-refractivity contribution < 1.29 is 9.59 Å². The number of hydrogen-bond donors (Lipinski definition) is 2. The number of halogens is 1. The van der Waals surface area contributed by atoms with Gasteiger partial charge >= 0.3 is 6.03 Å². The monoisotopic (exact) mass is 382 g/mol. The lowest BCUT2D eigenvalue weighted by Crippen LogP contribution is -2.51. The molecule has 1 unspecified atom stereocenters. The highest BCUT2D eigenvalue weighted by atomic mass is 35.5. The number of imidazole rings is 1. The van der Waals surface area contributed by atoms with Gasteiger partial charge in [-0.2, -0.15) is 5.10 Å². The average molecular weight is 383 g/mol. The molecule has 0 spiro atoms. The molecule has 1 saturated carbocycles. The summed E-state index contributed by atoms with van der Waals surface area (Å²) in [4.78, 5) is 32.4. The Morgan fingerprint density at radius 2 is 2.04 bits per heavy atom. The zero-order valence-corrected chi connectivity index (χ0v) is 14.8. The van der Waals surface area contributed by atoms with Crippen LogP contribution in [0, 0.1) is 0 Å². The molecular weight excluding hydrogens is 368 g/mol. The molecule has 1 saturated heterocycles. The average Bonchev–Trinajstić information content (AvgIpc) is 3.30. The van der Waals surface area contributed by atoms with E-state index in [-0.39, 0.29) is 24.3 Å². The van der Waals surface area contributed by atoms with Gasteiger partial charge in [0.05, 0.1) is 16.6 Å². The van der Waals surface area contributed by atoms with Gasteiger partial charge in [0.15, 0.2) is 5.65 Å². The zero-order valence-electron chi connectivity index (χ0n) is 14.1. The molecule has 3 atom stereocenters. The summed E-state index contributed by atoms with van der Waals surface area (Å²) in [5.74, 6) is -0.327. The fourth-order valence-electron chi connectivity index (χ4n) is 3.65. The van der Waals surface area contributed by atoms with Crippen LogP contribution in [0.3, 0.4) is 0 Å². The molecule has 3 aromatic rings. The van der Waals surface area contributed by atoms with Gasteiger partial charge in [-0.1, -0.05) is 11.6 Å². The van der Waals surface area contributed by atoms with Crippen LogP contribution in [0.25, 0.3) is 5.65 Å². The van der Waals surface area contributed by atoms with E-state index >= 15 is 0 Å². The number of carbonyl (C=O) groups is 2. The first-order chi connectivity index (χ1) is 13.1. The topological polar surface area (TPSA) is 101 Å². The van der Waals surface area contributed by atoms with Crippen molar-refractivity contribution in [3.8, 4) is 0 Å². The predicted molar refractivity (Wildman–Crippen MR) is 96.6 cm³/mol. The second-order valence-electron chi connectivity index (χ2n) is 6.82. The summed E-state index contributed by atoms with van der Waals surface area (Å²) in [6.07, 6.45) is 6.06. The van der Waals surface area contributed by atoms with Gasteiger partial charge in [-0.05, 0) is 30.5 Å². The highest BCUT2D eigenvalue weighted by Gasteiger charge is 2.43. The van der Waals surface area contributed by atoms with Crippen molar-refractivity contribution in [1.29, 1.82) is 0 Å². The van der Waals surface area contributed by atoms with Gasteiger partial charge in [-0.15, -0.1) is 0 Å². The Morgan fingerprint density at radius 3 is 2.81 bits per heavy atom. The second kappa shape index (κ2) is 6.02. The number of imide groups is 1. The van der Waals surface area contributed by atoms with E-state index in [4.69, 9.17) is 11.6 Å². The standard InChI is InChI=1S/C18H15ClN6O2/c19-9-1-2-14(21-7-9)11-5-10(11)12-6-15(24-25-4-3-20-16(12)25)13-8-22-18(27)23-17(13)26/h1-4,6-7,10-11,13H,5,8H2,(H2,22,23,26,27)/t10-,11-,13?/m0/s1. The molecule has 1 aliphatic heterocycles. The van der Waals surface area contributed by atoms with Crippen LogP contribution in [0.2, 0.25) is 5.02 Å². The van der Waals surface area contributed by atoms with Crippen molar-refractivity contribution >= 4 is 29.2 Å². The lowest BCUT2D eigenvalue weighted by molar-refractivity contribution is -0.122. The Bertz CT molecular complexity index is 1060. The van der Waals surface area contributed by atoms with Crippen LogP contribution in [0.15, 0.2) is 36.8 Å². The number of aromatic nitrogens is 4. The SMILES string of the molecule is O=C1NCC(c2cc([C@H]3C[C@@H]3c3ccc(Cl)cn3)c3nccn3n2)C(=O)N1. The van der Waals surface area contributed by atoms with Gasteiger partial charge in [0, 0.05) is 42.3 Å². The zero-order chi connectivity index (χ0) is 18.5. The molecule has 0 radical (unpaired) electrons. The van der Waals surface area contributed by atoms with Crippen LogP contribution in [-0.2, 0) is 4.79 Å². The fourth-order valence-corrected chi connectivity index (χ4v) is 3.76. The Kier molecular flexibility index (Phi) is 3.61. The van der Waals surface area contributed by atoms with E-state index in [0.717, 1.165) is 23.3 Å². The summed E-state index contributed by atoms with van der Waals surface area (Å²) >= 11 is 5.93. The lowest BCUT2D eigenvalue weighted by atomic mass is 9.99. The summed E-state index contributed by atoms with van der Waals surface area (Å²) in [5.41, 5.74) is 3.43. The number of nitrogens with one attached hydrogen (secondary N) is 2. The lowest BCUT2D eigenvalue weighted by Gasteiger charge is -2.22. The normalized spacial score (nSPS) is 24.6. The van der Waals surface area contributed by atoms with E-state index in [2.05, 4.69) is 25.7 Å². The minimum Gasteiger partial charge on any atom is -0.337 e. The number of amides is 3. The number of fused-ring (bicyclic) bond motifs is 1. The molecule has 4 heterocycles. The highest BCUT2D eigenvalue weighted by Crippen LogP contribution is 2.55. The van der Waals surface area contributed by atoms with E-state index in [9.17, 15) is 9.59 Å². The van der Waals surface area contributed by atoms with E-state index in [1.807, 2.05) is 18.2 Å². The Balaban J connectivity index is 1.51. The first-order valence-electron chi connectivity index (χ1n) is 8.64. The largest absolute Gasteiger partial charge is 0.337 e. The van der Waals surface area contributed by atoms with Crippen LogP contribution in [0.4, 0.5) is 4.79 Å². The van der Waals surface area contributed by atoms with Crippen molar-refractivity contribution in [3.05, 3.63) is 58.8 Å². The summed E-state index contributed by atoms with van der Waals surface area (Å²) < 4.78 is 1.69. The third-order valence-corrected chi connectivity index (χ3v) is 5.33. The van der Waals surface area contributed by atoms with Gasteiger partial charge in [0.25, 0.3) is 0 Å². The van der Waals surface area contributed by atoms with Crippen molar-refractivity contribution in [2.45, 2.75) is 24.2 Å². The molecule has 3 amide bonds. The number of nitrogens with zero attached hydrogens (tertiary/aromatic N) is 4. The van der Waals surface area contributed by atoms with E-state index in [1.54, 1.807) is 23.1 Å². The van der Waals surface area contributed by atoms with Crippen LogP contribution >= 0.6 is 11.6 Å². The molecule has 0 aromatic carbocycles. The minimum absolute atomic E-state index is 0.226. The van der Waals surface area contributed by atoms with Gasteiger partial charge in [0.1, 0.15) is 0 Å². The maximum absolute atomic E-state index is 12.2. The molecule has 8 nitrogen and oxygen atoms in total. The fraction of sp³-hybridized carbons (Fsp3) is 0.278. The Labute approximate surface area is 159 Å². The molecule has 2 N–H and O–H groups in total. The van der Waals surface area contributed by atoms with Crippen molar-refractivity contribution in [3.63, 3.8) is 0 Å². The van der Waals surface area contributed by atoms with Crippen molar-refractivity contribution in [2.75, 3.05) is 6.54 Å². The van der Waals surface area contributed by atoms with Crippen LogP contribution in [0.5, 0.6) is 0 Å². The molecule has 1 aliphatic carbocycles. The maximum atomic E-state index is 12.2. The maximum Gasteiger partial charge on any atom is 0.321 e. The molecule has 2 fully saturated rings. The third kappa shape index (κ3) is 2.82. The van der Waals surface area contributed by atoms with Gasteiger partial charge in [-0.3, -0.25) is 15.1 Å². The molecule has 27 heavy (non-hydrogen) atoms. The number of carbonyl (C=O) groups excluding carboxylic acids is 2. The highest BCUT2D eigenvalue weighted by molar-refractivity contribution is 6.30. The van der Waals surface area contributed by atoms with E-state index in [1.165, 1.54) is 0 Å². The quantitative estimate of drug-likeness (QED) is 0.721. The van der Waals surface area contributed by atoms with Crippen molar-refractivity contribution in [2.24, 2.45) is 0 Å². The Hall–Kier alpha value is -3.00. The Morgan fingerprint density at radius 1 is 1.15 bits per heavy atom. The number of hydrogen-bond acceptors (Lipinski definition) is 5. The molecule has 2 aliphatic rings. The summed E-state index contributed by atoms with van der Waals surface area (Å²) in [7, 11) is 0. The predicted octanol–water partition coefficient (Wildman–Crippen LogP) is 1.97. The van der Waals surface area contributed by atoms with Crippen LogP contribution in [-0.4, -0.2) is 38.1 Å². The van der Waals surface area contributed by atoms with Crippen LogP contribution in [0.1, 0.15) is 41.1 Å². The van der Waals surface area contributed by atoms with Gasteiger partial charge < -0.3 is 5.32 Å². The molecule has 3 aromatic heterocycles. The number of urea groups is 1. The molecule has 136 valence electrons. The number of rotatable bonds is 3. The molecular formula is C18H15ClN6O2. The summed E-state index contributed by atoms with van der Waals surface area (Å²) in [5, 5.41) is 10.1. The first-order valence-corrected chi connectivity index (χ1v) is 9.02. The third-order valence-electron chi connectivity index (χ3n) is 5.10. The van der Waals surface area contributed by atoms with Crippen LogP contribution < -0.4 is 10.6 Å². The second-order valence-corrected chi connectivity index (χ2v) is 7.26. The van der Waals surface area contributed by atoms with Gasteiger partial charge in [0.2, 0.25) is 5.91 Å². The minimum atomic E-state index is -0.529. The molecule has 0 bridgehead atoms. The summed E-state index contributed by atoms with van der Waals surface area (Å²) in [6, 6.07) is 5.25. The smallest absolute Gasteiger partial charge is 0.321 e. The number of pyridine rings is 1. The summed E-state index contributed by atoms with van der Waals surface area (Å²) in [6.45, 7) is 0.226. The van der Waals surface area contributed by atoms with E-state index < -0.39 is 11.9 Å². The van der Waals surface area contributed by atoms with Gasteiger partial charge in [-0.25, -0.2) is 14.3 Å². The molecule has 5 rings (SSSR count).